The van der Waals surface area contributed by atoms with E-state index < -0.39 is 0 Å². The average molecular weight is 330 g/mol. The number of fused-ring (bicyclic) bond motifs is 3. The summed E-state index contributed by atoms with van der Waals surface area (Å²) in [6.07, 6.45) is 6.30. The van der Waals surface area contributed by atoms with E-state index in [4.69, 9.17) is 9.47 Å². The standard InChI is InChI=1S/C21H30O3/c1-20(2)10-5-11-21(3)16-13-23-19(14-6-4-7-15(22)12-14)24-17(16)8-9-18(20)21/h4,6-7,12,16-19,22H,5,8-11,13H2,1-3H3/t16-,17+,18?,19-,21+/m0/s1. The monoisotopic (exact) mass is 330 g/mol. The summed E-state index contributed by atoms with van der Waals surface area (Å²) in [6, 6.07) is 7.26. The maximum atomic E-state index is 9.72. The molecule has 1 unspecified atom stereocenters. The summed E-state index contributed by atoms with van der Waals surface area (Å²) in [4.78, 5) is 0. The van der Waals surface area contributed by atoms with E-state index in [1.54, 1.807) is 12.1 Å². The average Bonchev–Trinajstić information content (AvgIpc) is 2.53. The van der Waals surface area contributed by atoms with Gasteiger partial charge >= 0.3 is 0 Å². The minimum Gasteiger partial charge on any atom is -0.508 e. The Bertz CT molecular complexity index is 611. The molecule has 3 nitrogen and oxygen atoms in total. The molecule has 1 aromatic carbocycles. The SMILES string of the molecule is CC1(C)CCC[C@@]2(C)C1CC[C@H]1O[C@@H](c3cccc(O)c3)OC[C@@H]12. The molecule has 0 spiro atoms. The van der Waals surface area contributed by atoms with Crippen molar-refractivity contribution in [3.05, 3.63) is 29.8 Å². The molecule has 1 N–H and O–H groups in total. The van der Waals surface area contributed by atoms with E-state index in [1.165, 1.54) is 25.7 Å². The third-order valence-electron chi connectivity index (χ3n) is 7.18. The van der Waals surface area contributed by atoms with Crippen LogP contribution >= 0.6 is 0 Å². The summed E-state index contributed by atoms with van der Waals surface area (Å²) in [7, 11) is 0. The lowest BCUT2D eigenvalue weighted by molar-refractivity contribution is -0.285. The molecular formula is C21H30O3. The molecule has 2 aliphatic carbocycles. The molecule has 4 rings (SSSR count). The van der Waals surface area contributed by atoms with E-state index in [2.05, 4.69) is 20.8 Å². The van der Waals surface area contributed by atoms with Gasteiger partial charge in [0, 0.05) is 11.5 Å². The van der Waals surface area contributed by atoms with Crippen LogP contribution in [0.25, 0.3) is 0 Å². The number of rotatable bonds is 1. The Morgan fingerprint density at radius 3 is 2.75 bits per heavy atom. The fourth-order valence-corrected chi connectivity index (χ4v) is 5.98. The summed E-state index contributed by atoms with van der Waals surface area (Å²) in [6.45, 7) is 8.16. The molecule has 0 aromatic heterocycles. The molecule has 1 aromatic rings. The van der Waals surface area contributed by atoms with E-state index in [-0.39, 0.29) is 18.1 Å². The second kappa shape index (κ2) is 5.74. The van der Waals surface area contributed by atoms with Crippen molar-refractivity contribution in [2.75, 3.05) is 6.61 Å². The van der Waals surface area contributed by atoms with Crippen molar-refractivity contribution in [1.82, 2.24) is 0 Å². The molecule has 0 amide bonds. The quantitative estimate of drug-likeness (QED) is 0.783. The van der Waals surface area contributed by atoms with Gasteiger partial charge in [0.1, 0.15) is 5.75 Å². The zero-order chi connectivity index (χ0) is 16.9. The van der Waals surface area contributed by atoms with Crippen molar-refractivity contribution < 1.29 is 14.6 Å². The van der Waals surface area contributed by atoms with Crippen LogP contribution in [0.5, 0.6) is 5.75 Å². The first kappa shape index (κ1) is 16.4. The number of hydrogen-bond acceptors (Lipinski definition) is 3. The molecule has 1 heterocycles. The van der Waals surface area contributed by atoms with Gasteiger partial charge in [-0.1, -0.05) is 39.3 Å². The highest BCUT2D eigenvalue weighted by molar-refractivity contribution is 5.28. The minimum atomic E-state index is -0.338. The molecule has 3 aliphatic rings. The highest BCUT2D eigenvalue weighted by atomic mass is 16.7. The van der Waals surface area contributed by atoms with Crippen molar-refractivity contribution in [2.45, 2.75) is 65.3 Å². The summed E-state index contributed by atoms with van der Waals surface area (Å²) in [5.41, 5.74) is 1.68. The van der Waals surface area contributed by atoms with Crippen LogP contribution < -0.4 is 0 Å². The highest BCUT2D eigenvalue weighted by Gasteiger charge is 2.56. The molecule has 0 bridgehead atoms. The Hall–Kier alpha value is -1.06. The molecule has 24 heavy (non-hydrogen) atoms. The van der Waals surface area contributed by atoms with Crippen LogP contribution in [-0.2, 0) is 9.47 Å². The summed E-state index contributed by atoms with van der Waals surface area (Å²) in [5.74, 6) is 1.53. The van der Waals surface area contributed by atoms with Gasteiger partial charge in [-0.25, -0.2) is 0 Å². The van der Waals surface area contributed by atoms with Crippen LogP contribution in [0.3, 0.4) is 0 Å². The van der Waals surface area contributed by atoms with Gasteiger partial charge in [-0.2, -0.15) is 0 Å². The van der Waals surface area contributed by atoms with E-state index in [9.17, 15) is 5.11 Å². The van der Waals surface area contributed by atoms with E-state index >= 15 is 0 Å². The van der Waals surface area contributed by atoms with Crippen molar-refractivity contribution >= 4 is 0 Å². The first-order valence-corrected chi connectivity index (χ1v) is 9.46. The van der Waals surface area contributed by atoms with Crippen LogP contribution in [0.15, 0.2) is 24.3 Å². The molecule has 1 saturated heterocycles. The number of benzene rings is 1. The zero-order valence-corrected chi connectivity index (χ0v) is 15.1. The number of hydrogen-bond donors (Lipinski definition) is 1. The molecular weight excluding hydrogens is 300 g/mol. The maximum Gasteiger partial charge on any atom is 0.184 e. The molecule has 3 fully saturated rings. The topological polar surface area (TPSA) is 38.7 Å². The Kier molecular flexibility index (Phi) is 3.92. The zero-order valence-electron chi connectivity index (χ0n) is 15.1. The summed E-state index contributed by atoms with van der Waals surface area (Å²) in [5, 5.41) is 9.72. The van der Waals surface area contributed by atoms with Crippen LogP contribution in [0.1, 0.15) is 64.7 Å². The Morgan fingerprint density at radius 2 is 1.96 bits per heavy atom. The molecule has 5 atom stereocenters. The van der Waals surface area contributed by atoms with E-state index in [0.717, 1.165) is 24.5 Å². The van der Waals surface area contributed by atoms with Gasteiger partial charge in [0.25, 0.3) is 0 Å². The van der Waals surface area contributed by atoms with Crippen molar-refractivity contribution in [3.63, 3.8) is 0 Å². The number of phenols is 1. The fraction of sp³-hybridized carbons (Fsp3) is 0.714. The molecule has 0 radical (unpaired) electrons. The smallest absolute Gasteiger partial charge is 0.184 e. The first-order valence-electron chi connectivity index (χ1n) is 9.46. The van der Waals surface area contributed by atoms with Crippen LogP contribution in [-0.4, -0.2) is 17.8 Å². The van der Waals surface area contributed by atoms with Crippen LogP contribution in [0.4, 0.5) is 0 Å². The van der Waals surface area contributed by atoms with Gasteiger partial charge in [-0.15, -0.1) is 0 Å². The summed E-state index contributed by atoms with van der Waals surface area (Å²) >= 11 is 0. The largest absolute Gasteiger partial charge is 0.508 e. The second-order valence-corrected chi connectivity index (χ2v) is 9.02. The minimum absolute atomic E-state index is 0.270. The van der Waals surface area contributed by atoms with E-state index in [1.807, 2.05) is 12.1 Å². The fourth-order valence-electron chi connectivity index (χ4n) is 5.98. The number of ether oxygens (including phenoxy) is 2. The Balaban J connectivity index is 1.55. The van der Waals surface area contributed by atoms with Gasteiger partial charge in [0.05, 0.1) is 12.7 Å². The third kappa shape index (κ3) is 2.57. The van der Waals surface area contributed by atoms with Crippen LogP contribution in [0, 0.1) is 22.7 Å². The predicted octanol–water partition coefficient (Wildman–Crippen LogP) is 5.05. The van der Waals surface area contributed by atoms with Crippen molar-refractivity contribution in [2.24, 2.45) is 22.7 Å². The van der Waals surface area contributed by atoms with Gasteiger partial charge in [-0.3, -0.25) is 0 Å². The molecule has 2 saturated carbocycles. The molecule has 1 aliphatic heterocycles. The lowest BCUT2D eigenvalue weighted by Crippen LogP contribution is -2.56. The van der Waals surface area contributed by atoms with Crippen molar-refractivity contribution in [3.8, 4) is 5.75 Å². The normalized spacial score (nSPS) is 41.3. The molecule has 3 heteroatoms. The highest BCUT2D eigenvalue weighted by Crippen LogP contribution is 2.61. The Morgan fingerprint density at radius 1 is 1.12 bits per heavy atom. The van der Waals surface area contributed by atoms with Gasteiger partial charge in [0.2, 0.25) is 0 Å². The van der Waals surface area contributed by atoms with Crippen LogP contribution in [0.2, 0.25) is 0 Å². The lowest BCUT2D eigenvalue weighted by atomic mass is 9.48. The number of aromatic hydroxyl groups is 1. The van der Waals surface area contributed by atoms with Crippen molar-refractivity contribution in [1.29, 1.82) is 0 Å². The predicted molar refractivity (Wildman–Crippen MR) is 93.6 cm³/mol. The third-order valence-corrected chi connectivity index (χ3v) is 7.18. The van der Waals surface area contributed by atoms with Gasteiger partial charge < -0.3 is 14.6 Å². The van der Waals surface area contributed by atoms with Gasteiger partial charge in [0.15, 0.2) is 6.29 Å². The second-order valence-electron chi connectivity index (χ2n) is 9.02. The number of phenolic OH excluding ortho intramolecular Hbond substituents is 1. The van der Waals surface area contributed by atoms with Gasteiger partial charge in [-0.05, 0) is 54.6 Å². The molecule has 132 valence electrons. The maximum absolute atomic E-state index is 9.72. The summed E-state index contributed by atoms with van der Waals surface area (Å²) < 4.78 is 12.5. The first-order chi connectivity index (χ1) is 11.4. The lowest BCUT2D eigenvalue weighted by Gasteiger charge is -2.60. The van der Waals surface area contributed by atoms with E-state index in [0.29, 0.717) is 16.7 Å². The Labute approximate surface area is 145 Å².